The maximum Gasteiger partial charge on any atom is -0.0391 e. The van der Waals surface area contributed by atoms with Gasteiger partial charge in [0.1, 0.15) is 0 Å². The third-order valence-corrected chi connectivity index (χ3v) is 2.26. The minimum Gasteiger partial charge on any atom is -0.0654 e. The predicted molar refractivity (Wildman–Crippen MR) is 48.1 cm³/mol. The zero-order valence-corrected chi connectivity index (χ0v) is 7.98. The summed E-state index contributed by atoms with van der Waals surface area (Å²) in [6, 6.07) is 0. The molecule has 0 aliphatic heterocycles. The summed E-state index contributed by atoms with van der Waals surface area (Å²) in [4.78, 5) is 0. The zero-order chi connectivity index (χ0) is 7.98. The molecule has 0 N–H and O–H groups in total. The van der Waals surface area contributed by atoms with Gasteiger partial charge in [-0.25, -0.2) is 0 Å². The fourth-order valence-corrected chi connectivity index (χ4v) is 1.55. The first-order valence-electron chi connectivity index (χ1n) is 4.72. The summed E-state index contributed by atoms with van der Waals surface area (Å²) in [6.45, 7) is 9.25. The van der Waals surface area contributed by atoms with Gasteiger partial charge in [-0.1, -0.05) is 53.4 Å². The topological polar surface area (TPSA) is 0 Å². The summed E-state index contributed by atoms with van der Waals surface area (Å²) < 4.78 is 0. The standard InChI is InChI=1S/C10H22/c1-5-7-10(8-6-2)9(3)4/h9-10H,5-8H2,1-4H3. The molecule has 0 rings (SSSR count). The Morgan fingerprint density at radius 2 is 1.30 bits per heavy atom. The molecule has 0 amide bonds. The molecule has 0 aromatic rings. The van der Waals surface area contributed by atoms with Crippen LogP contribution in [-0.4, -0.2) is 0 Å². The highest BCUT2D eigenvalue weighted by Crippen LogP contribution is 2.21. The van der Waals surface area contributed by atoms with Crippen molar-refractivity contribution in [2.75, 3.05) is 0 Å². The first kappa shape index (κ1) is 10.0. The van der Waals surface area contributed by atoms with Crippen molar-refractivity contribution in [1.82, 2.24) is 0 Å². The Morgan fingerprint density at radius 3 is 1.50 bits per heavy atom. The normalized spacial score (nSPS) is 11.4. The van der Waals surface area contributed by atoms with E-state index in [-0.39, 0.29) is 0 Å². The number of hydrogen-bond donors (Lipinski definition) is 0. The molecule has 0 radical (unpaired) electrons. The molecule has 0 nitrogen and oxygen atoms in total. The largest absolute Gasteiger partial charge is 0.0654 e. The van der Waals surface area contributed by atoms with E-state index in [9.17, 15) is 0 Å². The Kier molecular flexibility index (Phi) is 5.76. The molecule has 0 aliphatic rings. The molecule has 0 atom stereocenters. The van der Waals surface area contributed by atoms with Crippen LogP contribution in [0.5, 0.6) is 0 Å². The van der Waals surface area contributed by atoms with Gasteiger partial charge in [0, 0.05) is 0 Å². The molecule has 0 spiro atoms. The molecule has 0 aliphatic carbocycles. The monoisotopic (exact) mass is 142 g/mol. The number of rotatable bonds is 5. The van der Waals surface area contributed by atoms with Crippen LogP contribution < -0.4 is 0 Å². The average Bonchev–Trinajstić information content (AvgIpc) is 1.87. The van der Waals surface area contributed by atoms with E-state index in [1.807, 2.05) is 0 Å². The van der Waals surface area contributed by atoms with Crippen LogP contribution in [0, 0.1) is 11.8 Å². The minimum absolute atomic E-state index is 0.889. The second-order valence-electron chi connectivity index (χ2n) is 3.58. The van der Waals surface area contributed by atoms with E-state index in [0.29, 0.717) is 0 Å². The van der Waals surface area contributed by atoms with Gasteiger partial charge in [-0.3, -0.25) is 0 Å². The maximum atomic E-state index is 2.34. The second-order valence-corrected chi connectivity index (χ2v) is 3.58. The molecule has 0 unspecified atom stereocenters. The van der Waals surface area contributed by atoms with Crippen molar-refractivity contribution >= 4 is 0 Å². The van der Waals surface area contributed by atoms with Crippen LogP contribution in [0.3, 0.4) is 0 Å². The third kappa shape index (κ3) is 3.92. The van der Waals surface area contributed by atoms with Gasteiger partial charge in [0.2, 0.25) is 0 Å². The Morgan fingerprint density at radius 1 is 0.900 bits per heavy atom. The minimum atomic E-state index is 0.889. The lowest BCUT2D eigenvalue weighted by atomic mass is 9.88. The summed E-state index contributed by atoms with van der Waals surface area (Å²) in [5.74, 6) is 1.87. The van der Waals surface area contributed by atoms with Crippen LogP contribution in [-0.2, 0) is 0 Å². The van der Waals surface area contributed by atoms with E-state index in [0.717, 1.165) is 11.8 Å². The lowest BCUT2D eigenvalue weighted by Gasteiger charge is -2.18. The van der Waals surface area contributed by atoms with Gasteiger partial charge in [0.05, 0.1) is 0 Å². The van der Waals surface area contributed by atoms with Gasteiger partial charge >= 0.3 is 0 Å². The van der Waals surface area contributed by atoms with Crippen molar-refractivity contribution in [3.8, 4) is 0 Å². The van der Waals surface area contributed by atoms with Crippen molar-refractivity contribution < 1.29 is 0 Å². The fraction of sp³-hybridized carbons (Fsp3) is 1.00. The van der Waals surface area contributed by atoms with Gasteiger partial charge in [-0.2, -0.15) is 0 Å². The predicted octanol–water partition coefficient (Wildman–Crippen LogP) is 3.86. The molecular weight excluding hydrogens is 120 g/mol. The molecule has 0 saturated heterocycles. The van der Waals surface area contributed by atoms with Crippen LogP contribution in [0.15, 0.2) is 0 Å². The van der Waals surface area contributed by atoms with E-state index in [4.69, 9.17) is 0 Å². The van der Waals surface area contributed by atoms with E-state index in [1.165, 1.54) is 25.7 Å². The van der Waals surface area contributed by atoms with E-state index >= 15 is 0 Å². The Labute approximate surface area is 66.0 Å². The van der Waals surface area contributed by atoms with Crippen molar-refractivity contribution in [3.63, 3.8) is 0 Å². The van der Waals surface area contributed by atoms with Crippen LogP contribution in [0.1, 0.15) is 53.4 Å². The molecular formula is C10H22. The Balaban J connectivity index is 3.50. The summed E-state index contributed by atoms with van der Waals surface area (Å²) in [7, 11) is 0. The Bertz CT molecular complexity index is 58.4. The van der Waals surface area contributed by atoms with E-state index in [2.05, 4.69) is 27.7 Å². The average molecular weight is 142 g/mol. The van der Waals surface area contributed by atoms with Gasteiger partial charge in [-0.05, 0) is 11.8 Å². The zero-order valence-electron chi connectivity index (χ0n) is 7.98. The third-order valence-electron chi connectivity index (χ3n) is 2.26. The molecule has 0 heteroatoms. The smallest absolute Gasteiger partial charge is 0.0391 e. The molecule has 0 bridgehead atoms. The maximum absolute atomic E-state index is 2.34. The van der Waals surface area contributed by atoms with E-state index in [1.54, 1.807) is 0 Å². The Hall–Kier alpha value is 0. The lowest BCUT2D eigenvalue weighted by Crippen LogP contribution is -2.07. The summed E-state index contributed by atoms with van der Waals surface area (Å²) >= 11 is 0. The van der Waals surface area contributed by atoms with Crippen LogP contribution in [0.25, 0.3) is 0 Å². The molecule has 62 valence electrons. The molecule has 0 saturated carbocycles. The van der Waals surface area contributed by atoms with Crippen molar-refractivity contribution in [2.45, 2.75) is 53.4 Å². The highest BCUT2D eigenvalue weighted by molar-refractivity contribution is 4.61. The SMILES string of the molecule is CCCC(CCC)C(C)C. The van der Waals surface area contributed by atoms with Gasteiger partial charge in [0.25, 0.3) is 0 Å². The summed E-state index contributed by atoms with van der Waals surface area (Å²) in [5, 5.41) is 0. The second kappa shape index (κ2) is 5.76. The molecule has 0 fully saturated rings. The molecule has 0 aromatic carbocycles. The van der Waals surface area contributed by atoms with Gasteiger partial charge < -0.3 is 0 Å². The van der Waals surface area contributed by atoms with Crippen molar-refractivity contribution in [1.29, 1.82) is 0 Å². The van der Waals surface area contributed by atoms with Crippen LogP contribution in [0.2, 0.25) is 0 Å². The highest BCUT2D eigenvalue weighted by Gasteiger charge is 2.09. The highest BCUT2D eigenvalue weighted by atomic mass is 14.2. The first-order chi connectivity index (χ1) is 4.72. The summed E-state index contributed by atoms with van der Waals surface area (Å²) in [5.41, 5.74) is 0. The molecule has 0 aromatic heterocycles. The van der Waals surface area contributed by atoms with Gasteiger partial charge in [-0.15, -0.1) is 0 Å². The van der Waals surface area contributed by atoms with Crippen molar-refractivity contribution in [3.05, 3.63) is 0 Å². The van der Waals surface area contributed by atoms with E-state index < -0.39 is 0 Å². The molecule has 0 heterocycles. The number of hydrogen-bond acceptors (Lipinski definition) is 0. The van der Waals surface area contributed by atoms with Crippen LogP contribution >= 0.6 is 0 Å². The lowest BCUT2D eigenvalue weighted by molar-refractivity contribution is 0.331. The van der Waals surface area contributed by atoms with Gasteiger partial charge in [0.15, 0.2) is 0 Å². The molecule has 10 heavy (non-hydrogen) atoms. The first-order valence-corrected chi connectivity index (χ1v) is 4.72. The fourth-order valence-electron chi connectivity index (χ4n) is 1.55. The summed E-state index contributed by atoms with van der Waals surface area (Å²) in [6.07, 6.45) is 5.54. The quantitative estimate of drug-likeness (QED) is 0.547. The van der Waals surface area contributed by atoms with Crippen molar-refractivity contribution in [2.24, 2.45) is 11.8 Å². The van der Waals surface area contributed by atoms with Crippen LogP contribution in [0.4, 0.5) is 0 Å².